The van der Waals surface area contributed by atoms with E-state index >= 15 is 0 Å². The normalized spacial score (nSPS) is 12.9. The molecule has 1 aromatic heterocycles. The summed E-state index contributed by atoms with van der Waals surface area (Å²) < 4.78 is 3.61. The Labute approximate surface area is 330 Å². The van der Waals surface area contributed by atoms with E-state index in [0.717, 1.165) is 17.1 Å². The van der Waals surface area contributed by atoms with Crippen molar-refractivity contribution in [3.8, 4) is 39.1 Å². The van der Waals surface area contributed by atoms with Gasteiger partial charge >= 0.3 is 0 Å². The van der Waals surface area contributed by atoms with Gasteiger partial charge in [0.1, 0.15) is 0 Å². The van der Waals surface area contributed by atoms with Crippen molar-refractivity contribution < 1.29 is 0 Å². The third kappa shape index (κ3) is 5.37. The number of hydrogen-bond acceptors (Lipinski definition) is 1. The molecule has 0 spiro atoms. The van der Waals surface area contributed by atoms with Gasteiger partial charge in [0.15, 0.2) is 0 Å². The van der Waals surface area contributed by atoms with Crippen molar-refractivity contribution >= 4 is 61.5 Å². The minimum Gasteiger partial charge on any atom is -0.310 e. The molecule has 0 amide bonds. The second kappa shape index (κ2) is 12.9. The van der Waals surface area contributed by atoms with Crippen molar-refractivity contribution in [3.05, 3.63) is 203 Å². The van der Waals surface area contributed by atoms with E-state index in [0.29, 0.717) is 0 Å². The number of hydrogen-bond donors (Lipinski definition) is 0. The van der Waals surface area contributed by atoms with Crippen molar-refractivity contribution in [2.75, 3.05) is 4.90 Å². The van der Waals surface area contributed by atoms with Gasteiger partial charge in [0.2, 0.25) is 0 Å². The summed E-state index contributed by atoms with van der Waals surface area (Å²) in [4.78, 5) is 2.40. The average Bonchev–Trinajstić information content (AvgIpc) is 3.67. The molecule has 1 aliphatic rings. The van der Waals surface area contributed by atoms with E-state index in [1.165, 1.54) is 75.6 Å². The zero-order valence-electron chi connectivity index (χ0n) is 30.2. The first-order valence-electron chi connectivity index (χ1n) is 18.5. The van der Waals surface area contributed by atoms with E-state index < -0.39 is 0 Å². The lowest BCUT2D eigenvalue weighted by Gasteiger charge is -2.28. The van der Waals surface area contributed by atoms with E-state index in [1.54, 1.807) is 0 Å². The molecule has 0 atom stereocenters. The van der Waals surface area contributed by atoms with E-state index in [2.05, 4.69) is 234 Å². The summed E-state index contributed by atoms with van der Waals surface area (Å²) in [6.07, 6.45) is 0. The minimum absolute atomic E-state index is 0.0878. The fraction of sp³-hybridized carbons (Fsp3) is 0.0588. The lowest BCUT2D eigenvalue weighted by Crippen LogP contribution is -2.16. The van der Waals surface area contributed by atoms with E-state index in [-0.39, 0.29) is 5.41 Å². The van der Waals surface area contributed by atoms with Crippen LogP contribution in [0.15, 0.2) is 188 Å². The molecule has 9 aromatic rings. The van der Waals surface area contributed by atoms with Crippen LogP contribution in [0, 0.1) is 3.57 Å². The Morgan fingerprint density at radius 1 is 0.426 bits per heavy atom. The fourth-order valence-electron chi connectivity index (χ4n) is 8.54. The van der Waals surface area contributed by atoms with Gasteiger partial charge in [0.05, 0.1) is 11.0 Å². The first kappa shape index (κ1) is 32.7. The van der Waals surface area contributed by atoms with Gasteiger partial charge < -0.3 is 9.47 Å². The lowest BCUT2D eigenvalue weighted by molar-refractivity contribution is 0.660. The van der Waals surface area contributed by atoms with Crippen LogP contribution in [0.25, 0.3) is 60.9 Å². The minimum atomic E-state index is -0.0878. The molecule has 0 saturated heterocycles. The first-order chi connectivity index (χ1) is 26.4. The predicted molar refractivity (Wildman–Crippen MR) is 237 cm³/mol. The van der Waals surface area contributed by atoms with Crippen LogP contribution in [0.3, 0.4) is 0 Å². The Balaban J connectivity index is 1.06. The largest absolute Gasteiger partial charge is 0.310 e. The zero-order valence-corrected chi connectivity index (χ0v) is 32.3. The van der Waals surface area contributed by atoms with Gasteiger partial charge in [-0.15, -0.1) is 0 Å². The number of anilines is 3. The lowest BCUT2D eigenvalue weighted by atomic mass is 9.82. The molecule has 2 nitrogen and oxygen atoms in total. The highest BCUT2D eigenvalue weighted by Gasteiger charge is 2.35. The molecule has 0 N–H and O–H groups in total. The summed E-state index contributed by atoms with van der Waals surface area (Å²) in [5, 5.41) is 2.52. The van der Waals surface area contributed by atoms with Crippen molar-refractivity contribution in [1.82, 2.24) is 4.57 Å². The van der Waals surface area contributed by atoms with Gasteiger partial charge in [-0.3, -0.25) is 0 Å². The molecule has 1 heterocycles. The molecule has 258 valence electrons. The van der Waals surface area contributed by atoms with E-state index in [4.69, 9.17) is 0 Å². The molecule has 10 rings (SSSR count). The van der Waals surface area contributed by atoms with Gasteiger partial charge in [0, 0.05) is 42.5 Å². The van der Waals surface area contributed by atoms with Crippen LogP contribution >= 0.6 is 22.6 Å². The summed E-state index contributed by atoms with van der Waals surface area (Å²) in [5.41, 5.74) is 17.2. The molecule has 1 aliphatic carbocycles. The van der Waals surface area contributed by atoms with Crippen molar-refractivity contribution in [2.24, 2.45) is 0 Å². The third-order valence-electron chi connectivity index (χ3n) is 11.3. The summed E-state index contributed by atoms with van der Waals surface area (Å²) in [5.74, 6) is 0. The molecule has 0 unspecified atom stereocenters. The predicted octanol–water partition coefficient (Wildman–Crippen LogP) is 14.5. The highest BCUT2D eigenvalue weighted by molar-refractivity contribution is 14.1. The highest BCUT2D eigenvalue weighted by atomic mass is 127. The van der Waals surface area contributed by atoms with Crippen LogP contribution in [-0.2, 0) is 5.41 Å². The third-order valence-corrected chi connectivity index (χ3v) is 12.0. The summed E-state index contributed by atoms with van der Waals surface area (Å²) in [6, 6.07) is 68.9. The molecule has 3 heteroatoms. The standard InChI is InChI=1S/C51H37IN2/c1-51(2)47-14-8-6-12-43(47)44-30-29-42(33-48(44)51)53(39-23-16-35(17-24-39)34-10-4-3-5-11-34)40-25-18-36(19-26-40)37-20-31-50-46(32-37)45-13-7-9-15-49(45)54(50)41-27-21-38(52)22-28-41/h3-33H,1-2H3. The zero-order chi connectivity index (χ0) is 36.4. The van der Waals surface area contributed by atoms with Crippen molar-refractivity contribution in [3.63, 3.8) is 0 Å². The van der Waals surface area contributed by atoms with Crippen LogP contribution in [0.5, 0.6) is 0 Å². The second-order valence-corrected chi connectivity index (χ2v) is 16.0. The molecule has 0 radical (unpaired) electrons. The average molecular weight is 805 g/mol. The van der Waals surface area contributed by atoms with Crippen LogP contribution in [0.1, 0.15) is 25.0 Å². The van der Waals surface area contributed by atoms with Crippen molar-refractivity contribution in [1.29, 1.82) is 0 Å². The second-order valence-electron chi connectivity index (χ2n) is 14.8. The Morgan fingerprint density at radius 2 is 0.981 bits per heavy atom. The van der Waals surface area contributed by atoms with Gasteiger partial charge in [-0.2, -0.15) is 0 Å². The molecule has 0 saturated carbocycles. The summed E-state index contributed by atoms with van der Waals surface area (Å²) in [6.45, 7) is 4.70. The topological polar surface area (TPSA) is 8.17 Å². The number of aromatic nitrogens is 1. The van der Waals surface area contributed by atoms with Crippen LogP contribution < -0.4 is 4.90 Å². The smallest absolute Gasteiger partial charge is 0.0541 e. The van der Waals surface area contributed by atoms with Crippen molar-refractivity contribution in [2.45, 2.75) is 19.3 Å². The number of benzene rings is 8. The van der Waals surface area contributed by atoms with Crippen LogP contribution in [0.2, 0.25) is 0 Å². The molecule has 54 heavy (non-hydrogen) atoms. The molecule has 8 aromatic carbocycles. The molecule has 0 aliphatic heterocycles. The maximum absolute atomic E-state index is 2.41. The van der Waals surface area contributed by atoms with Gasteiger partial charge in [-0.25, -0.2) is 0 Å². The van der Waals surface area contributed by atoms with Crippen LogP contribution in [0.4, 0.5) is 17.1 Å². The monoisotopic (exact) mass is 804 g/mol. The number of nitrogens with zero attached hydrogens (tertiary/aromatic N) is 2. The molecular formula is C51H37IN2. The summed E-state index contributed by atoms with van der Waals surface area (Å²) >= 11 is 2.37. The van der Waals surface area contributed by atoms with E-state index in [9.17, 15) is 0 Å². The van der Waals surface area contributed by atoms with Crippen LogP contribution in [-0.4, -0.2) is 4.57 Å². The Kier molecular flexibility index (Phi) is 7.81. The highest BCUT2D eigenvalue weighted by Crippen LogP contribution is 2.50. The Hall–Kier alpha value is -5.91. The number of halogens is 1. The maximum Gasteiger partial charge on any atom is 0.0541 e. The molecule has 0 bridgehead atoms. The molecule has 0 fully saturated rings. The Morgan fingerprint density at radius 3 is 1.72 bits per heavy atom. The fourth-order valence-corrected chi connectivity index (χ4v) is 8.90. The number of para-hydroxylation sites is 1. The maximum atomic E-state index is 2.41. The summed E-state index contributed by atoms with van der Waals surface area (Å²) in [7, 11) is 0. The number of fused-ring (bicyclic) bond motifs is 6. The quantitative estimate of drug-likeness (QED) is 0.152. The molecular weight excluding hydrogens is 767 g/mol. The Bertz CT molecular complexity index is 2830. The van der Waals surface area contributed by atoms with Gasteiger partial charge in [-0.1, -0.05) is 123 Å². The number of rotatable bonds is 6. The SMILES string of the molecule is CC1(C)c2ccccc2-c2ccc(N(c3ccc(-c4ccccc4)cc3)c3ccc(-c4ccc5c(c4)c4ccccc4n5-c4ccc(I)cc4)cc3)cc21. The first-order valence-corrected chi connectivity index (χ1v) is 19.6. The van der Waals surface area contributed by atoms with Gasteiger partial charge in [0.25, 0.3) is 0 Å². The van der Waals surface area contributed by atoms with E-state index in [1.807, 2.05) is 0 Å². The van der Waals surface area contributed by atoms with Gasteiger partial charge in [-0.05, 0) is 146 Å².